The van der Waals surface area contributed by atoms with Crippen molar-refractivity contribution in [1.29, 1.82) is 5.26 Å². The van der Waals surface area contributed by atoms with Crippen LogP contribution in [0, 0.1) is 11.3 Å². The van der Waals surface area contributed by atoms with Gasteiger partial charge in [0.25, 0.3) is 0 Å². The molecule has 0 bridgehead atoms. The van der Waals surface area contributed by atoms with Gasteiger partial charge in [0.1, 0.15) is 5.54 Å². The first-order valence-electron chi connectivity index (χ1n) is 6.76. The number of urea groups is 1. The van der Waals surface area contributed by atoms with E-state index in [2.05, 4.69) is 11.4 Å². The minimum Gasteiger partial charge on any atom is -0.352 e. The highest BCUT2D eigenvalue weighted by Crippen LogP contribution is 2.37. The maximum absolute atomic E-state index is 12.4. The molecule has 0 aliphatic heterocycles. The largest absolute Gasteiger partial charge is 0.352 e. The summed E-state index contributed by atoms with van der Waals surface area (Å²) in [5.41, 5.74) is 4.50. The molecule has 0 spiro atoms. The minimum absolute atomic E-state index is 0.101. The molecule has 1 aromatic rings. The molecule has 0 radical (unpaired) electrons. The second-order valence-corrected chi connectivity index (χ2v) is 6.21. The lowest BCUT2D eigenvalue weighted by Crippen LogP contribution is -2.53. The highest BCUT2D eigenvalue weighted by molar-refractivity contribution is 7.10. The number of thiophene rings is 1. The van der Waals surface area contributed by atoms with Crippen molar-refractivity contribution in [3.05, 3.63) is 22.4 Å². The van der Waals surface area contributed by atoms with E-state index < -0.39 is 17.6 Å². The van der Waals surface area contributed by atoms with Gasteiger partial charge in [-0.2, -0.15) is 5.26 Å². The molecular formula is C14H18N4O2S. The van der Waals surface area contributed by atoms with E-state index in [-0.39, 0.29) is 12.3 Å². The van der Waals surface area contributed by atoms with Crippen LogP contribution in [0.4, 0.5) is 4.79 Å². The Morgan fingerprint density at radius 2 is 2.33 bits per heavy atom. The van der Waals surface area contributed by atoms with Crippen molar-refractivity contribution in [3.63, 3.8) is 0 Å². The first kappa shape index (κ1) is 15.3. The van der Waals surface area contributed by atoms with Gasteiger partial charge >= 0.3 is 6.03 Å². The molecule has 112 valence electrons. The molecule has 1 aromatic heterocycles. The van der Waals surface area contributed by atoms with Crippen LogP contribution >= 0.6 is 11.3 Å². The zero-order chi connectivity index (χ0) is 15.5. The average Bonchev–Trinajstić information content (AvgIpc) is 2.90. The van der Waals surface area contributed by atoms with E-state index in [1.807, 2.05) is 17.5 Å². The van der Waals surface area contributed by atoms with Crippen LogP contribution in [0.3, 0.4) is 0 Å². The molecule has 3 amide bonds. The number of carbonyl (C=O) groups excluding carboxylic acids is 2. The van der Waals surface area contributed by atoms with Gasteiger partial charge < -0.3 is 16.0 Å². The van der Waals surface area contributed by atoms with Gasteiger partial charge in [-0.25, -0.2) is 4.79 Å². The fourth-order valence-electron chi connectivity index (χ4n) is 2.47. The Morgan fingerprint density at radius 3 is 2.76 bits per heavy atom. The van der Waals surface area contributed by atoms with Crippen molar-refractivity contribution in [2.45, 2.75) is 37.3 Å². The Labute approximate surface area is 127 Å². The van der Waals surface area contributed by atoms with Crippen LogP contribution in [0.5, 0.6) is 0 Å². The van der Waals surface area contributed by atoms with Gasteiger partial charge in [-0.1, -0.05) is 6.07 Å². The van der Waals surface area contributed by atoms with Crippen LogP contribution in [0.2, 0.25) is 0 Å². The number of amides is 3. The number of carbonyl (C=O) groups is 2. The van der Waals surface area contributed by atoms with Crippen molar-refractivity contribution >= 4 is 23.3 Å². The van der Waals surface area contributed by atoms with Crippen LogP contribution in [0.1, 0.15) is 36.6 Å². The molecule has 3 N–H and O–H groups in total. The fourth-order valence-corrected chi connectivity index (χ4v) is 3.25. The van der Waals surface area contributed by atoms with Crippen molar-refractivity contribution in [2.75, 3.05) is 7.05 Å². The summed E-state index contributed by atoms with van der Waals surface area (Å²) in [6, 6.07) is 4.83. The summed E-state index contributed by atoms with van der Waals surface area (Å²) in [5, 5.41) is 13.8. The third-order valence-corrected chi connectivity index (χ3v) is 4.97. The smallest absolute Gasteiger partial charge is 0.312 e. The first-order chi connectivity index (χ1) is 9.98. The Bertz CT molecular complexity index is 560. The third-order valence-electron chi connectivity index (χ3n) is 3.99. The summed E-state index contributed by atoms with van der Waals surface area (Å²) >= 11 is 1.45. The molecule has 1 aliphatic rings. The van der Waals surface area contributed by atoms with E-state index in [1.54, 1.807) is 7.05 Å². The number of nitrogens with one attached hydrogen (secondary N) is 1. The normalized spacial score (nSPS) is 17.1. The second-order valence-electron chi connectivity index (χ2n) is 5.23. The Balaban J connectivity index is 2.08. The van der Waals surface area contributed by atoms with Gasteiger partial charge in [-0.05, 0) is 30.7 Å². The van der Waals surface area contributed by atoms with Crippen LogP contribution in [-0.2, 0) is 4.79 Å². The van der Waals surface area contributed by atoms with Crippen molar-refractivity contribution in [3.8, 4) is 6.07 Å². The summed E-state index contributed by atoms with van der Waals surface area (Å²) in [7, 11) is 1.65. The Hall–Kier alpha value is -2.07. The summed E-state index contributed by atoms with van der Waals surface area (Å²) in [6.07, 6.45) is 2.47. The van der Waals surface area contributed by atoms with Crippen LogP contribution in [-0.4, -0.2) is 29.4 Å². The van der Waals surface area contributed by atoms with Gasteiger partial charge in [-0.3, -0.25) is 4.79 Å². The van der Waals surface area contributed by atoms with E-state index in [0.29, 0.717) is 12.8 Å². The van der Waals surface area contributed by atoms with E-state index in [1.165, 1.54) is 16.2 Å². The average molecular weight is 306 g/mol. The number of nitrogens with zero attached hydrogens (tertiary/aromatic N) is 2. The number of primary amides is 1. The van der Waals surface area contributed by atoms with E-state index >= 15 is 0 Å². The number of nitriles is 1. The summed E-state index contributed by atoms with van der Waals surface area (Å²) in [6.45, 7) is 0. The monoisotopic (exact) mass is 306 g/mol. The van der Waals surface area contributed by atoms with Crippen molar-refractivity contribution in [2.24, 2.45) is 5.73 Å². The quantitative estimate of drug-likeness (QED) is 0.866. The minimum atomic E-state index is -0.677. The maximum Gasteiger partial charge on any atom is 0.312 e. The standard InChI is InChI=1S/C14H18N4O2S/c1-18(14(9-15)5-3-6-14)12(19)8-10(17-13(16)20)11-4-2-7-21-11/h2,4,7,10H,3,5-6,8H2,1H3,(H3,16,17,20)/t10-/m1/s1. The van der Waals surface area contributed by atoms with Crippen LogP contribution in [0.25, 0.3) is 0 Å². The molecule has 6 nitrogen and oxygen atoms in total. The molecule has 0 saturated heterocycles. The molecule has 0 aromatic carbocycles. The van der Waals surface area contributed by atoms with E-state index in [4.69, 9.17) is 5.73 Å². The third kappa shape index (κ3) is 3.16. The molecule has 7 heteroatoms. The molecule has 1 fully saturated rings. The van der Waals surface area contributed by atoms with Gasteiger partial charge in [0.15, 0.2) is 0 Å². The lowest BCUT2D eigenvalue weighted by Gasteiger charge is -2.43. The highest BCUT2D eigenvalue weighted by Gasteiger charge is 2.43. The second kappa shape index (κ2) is 6.14. The lowest BCUT2D eigenvalue weighted by molar-refractivity contribution is -0.136. The van der Waals surface area contributed by atoms with Gasteiger partial charge in [0, 0.05) is 11.9 Å². The molecule has 1 atom stereocenters. The zero-order valence-electron chi connectivity index (χ0n) is 11.8. The molecule has 21 heavy (non-hydrogen) atoms. The maximum atomic E-state index is 12.4. The topological polar surface area (TPSA) is 99.2 Å². The van der Waals surface area contributed by atoms with Gasteiger partial charge in [0.2, 0.25) is 5.91 Å². The molecule has 2 rings (SSSR count). The first-order valence-corrected chi connectivity index (χ1v) is 7.64. The molecular weight excluding hydrogens is 288 g/mol. The SMILES string of the molecule is CN(C(=O)C[C@@H](NC(N)=O)c1cccs1)C1(C#N)CCC1. The number of hydrogen-bond acceptors (Lipinski definition) is 4. The van der Waals surface area contributed by atoms with Crippen LogP contribution < -0.4 is 11.1 Å². The van der Waals surface area contributed by atoms with Crippen molar-refractivity contribution in [1.82, 2.24) is 10.2 Å². The predicted octanol–water partition coefficient (Wildman–Crippen LogP) is 1.75. The molecule has 1 heterocycles. The number of hydrogen-bond donors (Lipinski definition) is 2. The molecule has 1 saturated carbocycles. The van der Waals surface area contributed by atoms with Crippen LogP contribution in [0.15, 0.2) is 17.5 Å². The number of nitrogens with two attached hydrogens (primary N) is 1. The number of rotatable bonds is 5. The van der Waals surface area contributed by atoms with Gasteiger partial charge in [-0.15, -0.1) is 11.3 Å². The van der Waals surface area contributed by atoms with Crippen molar-refractivity contribution < 1.29 is 9.59 Å². The summed E-state index contributed by atoms with van der Waals surface area (Å²) in [5.74, 6) is -0.164. The molecule has 1 aliphatic carbocycles. The Morgan fingerprint density at radius 1 is 1.62 bits per heavy atom. The fraction of sp³-hybridized carbons (Fsp3) is 0.500. The van der Waals surface area contributed by atoms with E-state index in [0.717, 1.165) is 11.3 Å². The van der Waals surface area contributed by atoms with E-state index in [9.17, 15) is 14.9 Å². The summed E-state index contributed by atoms with van der Waals surface area (Å²) < 4.78 is 0. The zero-order valence-corrected chi connectivity index (χ0v) is 12.7. The molecule has 0 unspecified atom stereocenters. The summed E-state index contributed by atoms with van der Waals surface area (Å²) in [4.78, 5) is 25.9. The van der Waals surface area contributed by atoms with Gasteiger partial charge in [0.05, 0.1) is 18.5 Å². The Kier molecular flexibility index (Phi) is 4.48. The highest BCUT2D eigenvalue weighted by atomic mass is 32.1. The lowest BCUT2D eigenvalue weighted by atomic mass is 9.76. The predicted molar refractivity (Wildman–Crippen MR) is 79.4 cm³/mol.